The van der Waals surface area contributed by atoms with Gasteiger partial charge in [-0.05, 0) is 48.9 Å². The van der Waals surface area contributed by atoms with Crippen molar-refractivity contribution in [3.63, 3.8) is 0 Å². The molecule has 2 nitrogen and oxygen atoms in total. The number of hydrogen-bond acceptors (Lipinski definition) is 2. The van der Waals surface area contributed by atoms with Crippen LogP contribution in [0, 0.1) is 18.6 Å². The first kappa shape index (κ1) is 16.0. The predicted molar refractivity (Wildman–Crippen MR) is 84.6 cm³/mol. The van der Waals surface area contributed by atoms with E-state index in [2.05, 4.69) is 21.2 Å². The van der Waals surface area contributed by atoms with Crippen LogP contribution in [0.25, 0.3) is 0 Å². The molecule has 21 heavy (non-hydrogen) atoms. The summed E-state index contributed by atoms with van der Waals surface area (Å²) in [4.78, 5) is 12.4. The van der Waals surface area contributed by atoms with E-state index >= 15 is 0 Å². The first-order valence-corrected chi connectivity index (χ1v) is 7.87. The Balaban J connectivity index is 1.94. The number of benzene rings is 2. The Morgan fingerprint density at radius 3 is 2.62 bits per heavy atom. The number of thioether (sulfide) groups is 1. The average Bonchev–Trinajstić information content (AvgIpc) is 2.43. The van der Waals surface area contributed by atoms with Gasteiger partial charge in [-0.25, -0.2) is 8.78 Å². The van der Waals surface area contributed by atoms with E-state index in [4.69, 9.17) is 0 Å². The van der Waals surface area contributed by atoms with Crippen molar-refractivity contribution in [2.75, 3.05) is 11.1 Å². The van der Waals surface area contributed by atoms with E-state index in [9.17, 15) is 13.6 Å². The second-order valence-corrected chi connectivity index (χ2v) is 6.34. The Morgan fingerprint density at radius 2 is 1.95 bits per heavy atom. The number of nitrogens with one attached hydrogen (secondary N) is 1. The highest BCUT2D eigenvalue weighted by Crippen LogP contribution is 2.22. The van der Waals surface area contributed by atoms with Crippen molar-refractivity contribution in [2.45, 2.75) is 11.8 Å². The van der Waals surface area contributed by atoms with Crippen molar-refractivity contribution in [3.05, 3.63) is 58.1 Å². The van der Waals surface area contributed by atoms with E-state index in [1.165, 1.54) is 6.07 Å². The van der Waals surface area contributed by atoms with Crippen molar-refractivity contribution in [1.29, 1.82) is 0 Å². The molecule has 0 saturated heterocycles. The van der Waals surface area contributed by atoms with E-state index < -0.39 is 11.6 Å². The standard InChI is InChI=1S/C15H12BrF2NOS/c1-9-6-10(16)2-5-14(9)19-15(20)8-21-11-3-4-12(17)13(18)7-11/h2-7H,8H2,1H3,(H,19,20). The molecule has 110 valence electrons. The van der Waals surface area contributed by atoms with Gasteiger partial charge in [0, 0.05) is 15.1 Å². The molecule has 0 aliphatic rings. The second-order valence-electron chi connectivity index (χ2n) is 4.37. The van der Waals surface area contributed by atoms with Crippen LogP contribution in [0.3, 0.4) is 0 Å². The molecule has 1 N–H and O–H groups in total. The van der Waals surface area contributed by atoms with E-state index in [0.717, 1.165) is 39.6 Å². The molecule has 6 heteroatoms. The predicted octanol–water partition coefficient (Wildman–Crippen LogP) is 4.77. The molecule has 0 heterocycles. The Morgan fingerprint density at radius 1 is 1.19 bits per heavy atom. The third-order valence-electron chi connectivity index (χ3n) is 2.72. The van der Waals surface area contributed by atoms with Gasteiger partial charge >= 0.3 is 0 Å². The first-order chi connectivity index (χ1) is 9.95. The number of carbonyl (C=O) groups is 1. The summed E-state index contributed by atoms with van der Waals surface area (Å²) in [7, 11) is 0. The van der Waals surface area contributed by atoms with E-state index in [0.29, 0.717) is 4.90 Å². The third-order valence-corrected chi connectivity index (χ3v) is 4.21. The molecule has 0 radical (unpaired) electrons. The molecule has 1 amide bonds. The van der Waals surface area contributed by atoms with E-state index in [1.807, 2.05) is 19.1 Å². The van der Waals surface area contributed by atoms with Gasteiger partial charge in [0.1, 0.15) is 0 Å². The SMILES string of the molecule is Cc1cc(Br)ccc1NC(=O)CSc1ccc(F)c(F)c1. The lowest BCUT2D eigenvalue weighted by atomic mass is 10.2. The number of halogens is 3. The van der Waals surface area contributed by atoms with Gasteiger partial charge in [-0.3, -0.25) is 4.79 Å². The zero-order valence-corrected chi connectivity index (χ0v) is 13.5. The van der Waals surface area contributed by atoms with Crippen molar-refractivity contribution in [2.24, 2.45) is 0 Å². The number of amides is 1. The van der Waals surface area contributed by atoms with Crippen LogP contribution < -0.4 is 5.32 Å². The van der Waals surface area contributed by atoms with Crippen molar-refractivity contribution in [1.82, 2.24) is 0 Å². The Hall–Kier alpha value is -1.40. The molecular formula is C15H12BrF2NOS. The van der Waals surface area contributed by atoms with Crippen LogP contribution in [0.2, 0.25) is 0 Å². The number of aryl methyl sites for hydroxylation is 1. The van der Waals surface area contributed by atoms with Crippen LogP contribution in [0.1, 0.15) is 5.56 Å². The van der Waals surface area contributed by atoms with Gasteiger partial charge in [-0.15, -0.1) is 11.8 Å². The number of anilines is 1. The monoisotopic (exact) mass is 371 g/mol. The summed E-state index contributed by atoms with van der Waals surface area (Å²) < 4.78 is 26.8. The molecule has 0 aromatic heterocycles. The van der Waals surface area contributed by atoms with Gasteiger partial charge in [0.25, 0.3) is 0 Å². The Bertz CT molecular complexity index is 679. The molecule has 2 aromatic rings. The molecule has 0 bridgehead atoms. The molecule has 2 aromatic carbocycles. The molecule has 0 fully saturated rings. The number of hydrogen-bond donors (Lipinski definition) is 1. The zero-order chi connectivity index (χ0) is 15.4. The summed E-state index contributed by atoms with van der Waals surface area (Å²) in [6, 6.07) is 9.12. The molecule has 0 saturated carbocycles. The third kappa shape index (κ3) is 4.54. The zero-order valence-electron chi connectivity index (χ0n) is 11.1. The lowest BCUT2D eigenvalue weighted by molar-refractivity contribution is -0.113. The average molecular weight is 372 g/mol. The lowest BCUT2D eigenvalue weighted by Crippen LogP contribution is -2.14. The summed E-state index contributed by atoms with van der Waals surface area (Å²) in [6.07, 6.45) is 0. The molecular weight excluding hydrogens is 360 g/mol. The number of carbonyl (C=O) groups excluding carboxylic acids is 1. The Labute approximate surface area is 134 Å². The summed E-state index contributed by atoms with van der Waals surface area (Å²) >= 11 is 4.51. The van der Waals surface area contributed by atoms with Crippen LogP contribution in [0.15, 0.2) is 45.8 Å². The van der Waals surface area contributed by atoms with Gasteiger partial charge in [0.2, 0.25) is 5.91 Å². The minimum atomic E-state index is -0.913. The van der Waals surface area contributed by atoms with Crippen molar-refractivity contribution >= 4 is 39.3 Å². The summed E-state index contributed by atoms with van der Waals surface area (Å²) in [5, 5.41) is 2.79. The minimum absolute atomic E-state index is 0.126. The maximum Gasteiger partial charge on any atom is 0.234 e. The fourth-order valence-corrected chi connectivity index (χ4v) is 2.87. The highest BCUT2D eigenvalue weighted by Gasteiger charge is 2.08. The summed E-state index contributed by atoms with van der Waals surface area (Å²) in [6.45, 7) is 1.89. The fraction of sp³-hybridized carbons (Fsp3) is 0.133. The quantitative estimate of drug-likeness (QED) is 0.784. The van der Waals surface area contributed by atoms with Crippen molar-refractivity contribution < 1.29 is 13.6 Å². The second kappa shape index (κ2) is 7.04. The largest absolute Gasteiger partial charge is 0.325 e. The maximum absolute atomic E-state index is 13.0. The number of rotatable bonds is 4. The van der Waals surface area contributed by atoms with Gasteiger partial charge in [-0.2, -0.15) is 0 Å². The molecule has 0 aliphatic heterocycles. The van der Waals surface area contributed by atoms with Gasteiger partial charge < -0.3 is 5.32 Å². The smallest absolute Gasteiger partial charge is 0.234 e. The topological polar surface area (TPSA) is 29.1 Å². The normalized spacial score (nSPS) is 10.5. The molecule has 2 rings (SSSR count). The highest BCUT2D eigenvalue weighted by molar-refractivity contribution is 9.10. The maximum atomic E-state index is 13.0. The van der Waals surface area contributed by atoms with Gasteiger partial charge in [-0.1, -0.05) is 15.9 Å². The molecule has 0 unspecified atom stereocenters. The molecule has 0 spiro atoms. The fourth-order valence-electron chi connectivity index (χ4n) is 1.67. The van der Waals surface area contributed by atoms with E-state index in [-0.39, 0.29) is 11.7 Å². The van der Waals surface area contributed by atoms with Gasteiger partial charge in [0.05, 0.1) is 5.75 Å². The molecule has 0 aliphatic carbocycles. The van der Waals surface area contributed by atoms with Crippen molar-refractivity contribution in [3.8, 4) is 0 Å². The van der Waals surface area contributed by atoms with Crippen LogP contribution in [-0.2, 0) is 4.79 Å². The Kier molecular flexibility index (Phi) is 5.36. The first-order valence-electron chi connectivity index (χ1n) is 6.09. The summed E-state index contributed by atoms with van der Waals surface area (Å²) in [5.41, 5.74) is 1.67. The lowest BCUT2D eigenvalue weighted by Gasteiger charge is -2.08. The van der Waals surface area contributed by atoms with Crippen LogP contribution in [0.5, 0.6) is 0 Å². The van der Waals surface area contributed by atoms with Crippen LogP contribution in [0.4, 0.5) is 14.5 Å². The van der Waals surface area contributed by atoms with Crippen LogP contribution >= 0.6 is 27.7 Å². The van der Waals surface area contributed by atoms with Gasteiger partial charge in [0.15, 0.2) is 11.6 Å². The molecule has 0 atom stereocenters. The van der Waals surface area contributed by atoms with E-state index in [1.54, 1.807) is 6.07 Å². The highest BCUT2D eigenvalue weighted by atomic mass is 79.9. The van der Waals surface area contributed by atoms with Crippen LogP contribution in [-0.4, -0.2) is 11.7 Å². The summed E-state index contributed by atoms with van der Waals surface area (Å²) in [5.74, 6) is -1.88. The minimum Gasteiger partial charge on any atom is -0.325 e.